The zero-order chi connectivity index (χ0) is 16.2. The Morgan fingerprint density at radius 1 is 1.04 bits per heavy atom. The van der Waals surface area contributed by atoms with Gasteiger partial charge in [0.05, 0.1) is 12.7 Å². The molecule has 2 aliphatic rings. The van der Waals surface area contributed by atoms with E-state index in [0.29, 0.717) is 18.8 Å². The van der Waals surface area contributed by atoms with Crippen LogP contribution in [0.4, 0.5) is 0 Å². The Hall–Kier alpha value is -1.88. The molecule has 4 rings (SSSR count). The third-order valence-corrected chi connectivity index (χ3v) is 4.79. The molecule has 2 aliphatic heterocycles. The first kappa shape index (κ1) is 15.6. The van der Waals surface area contributed by atoms with Crippen molar-refractivity contribution in [2.45, 2.75) is 25.3 Å². The second kappa shape index (κ2) is 7.34. The van der Waals surface area contributed by atoms with Crippen molar-refractivity contribution in [1.82, 2.24) is 10.2 Å². The van der Waals surface area contributed by atoms with Crippen molar-refractivity contribution < 1.29 is 9.47 Å². The summed E-state index contributed by atoms with van der Waals surface area (Å²) < 4.78 is 11.9. The second-order valence-corrected chi connectivity index (χ2v) is 6.55. The fourth-order valence-electron chi connectivity index (χ4n) is 3.55. The minimum absolute atomic E-state index is 0.330. The van der Waals surface area contributed by atoms with Crippen LogP contribution in [0, 0.1) is 0 Å². The summed E-state index contributed by atoms with van der Waals surface area (Å²) in [5, 5.41) is 3.56. The number of nitrogens with one attached hydrogen (secondary N) is 1. The van der Waals surface area contributed by atoms with Crippen LogP contribution in [-0.2, 0) is 17.9 Å². The van der Waals surface area contributed by atoms with E-state index in [0.717, 1.165) is 38.5 Å². The van der Waals surface area contributed by atoms with Crippen LogP contribution in [0.2, 0.25) is 0 Å². The van der Waals surface area contributed by atoms with Crippen molar-refractivity contribution in [2.75, 3.05) is 26.2 Å². The Labute approximate surface area is 143 Å². The summed E-state index contributed by atoms with van der Waals surface area (Å²) in [5.74, 6) is 0.977. The second-order valence-electron chi connectivity index (χ2n) is 6.55. The van der Waals surface area contributed by atoms with Crippen LogP contribution >= 0.6 is 0 Å². The lowest BCUT2D eigenvalue weighted by molar-refractivity contribution is 0.0175. The lowest BCUT2D eigenvalue weighted by atomic mass is 10.2. The van der Waals surface area contributed by atoms with Gasteiger partial charge in [-0.2, -0.15) is 0 Å². The fraction of sp³-hybridized carbons (Fsp3) is 0.400. The molecule has 1 N–H and O–H groups in total. The van der Waals surface area contributed by atoms with Gasteiger partial charge < -0.3 is 14.8 Å². The number of rotatable bonds is 5. The highest BCUT2D eigenvalue weighted by Crippen LogP contribution is 2.24. The van der Waals surface area contributed by atoms with E-state index in [4.69, 9.17) is 9.47 Å². The number of morpholine rings is 1. The molecule has 2 heterocycles. The number of likely N-dealkylation sites (tertiary alicyclic amines) is 1. The minimum atomic E-state index is 0.330. The number of hydrogen-bond donors (Lipinski definition) is 1. The maximum atomic E-state index is 6.08. The zero-order valence-corrected chi connectivity index (χ0v) is 13.9. The molecule has 0 radical (unpaired) electrons. The Morgan fingerprint density at radius 3 is 2.75 bits per heavy atom. The maximum Gasteiger partial charge on any atom is 0.124 e. The molecular weight excluding hydrogens is 300 g/mol. The monoisotopic (exact) mass is 324 g/mol. The number of ether oxygens (including phenoxy) is 2. The van der Waals surface area contributed by atoms with E-state index in [-0.39, 0.29) is 0 Å². The summed E-state index contributed by atoms with van der Waals surface area (Å²) in [6.45, 7) is 5.33. The lowest BCUT2D eigenvalue weighted by Crippen LogP contribution is -2.47. The summed E-state index contributed by atoms with van der Waals surface area (Å²) in [4.78, 5) is 2.46. The number of fused-ring (bicyclic) bond motifs is 1. The standard InChI is InChI=1S/C20H24N2O2/c1-2-6-16(7-3-1)15-24-19-9-5-4-8-17(19)12-22-13-18-20(14-22)23-11-10-21-18/h1-9,18,20-21H,10-15H2/t18-,20-/m0/s1. The Balaban J connectivity index is 1.40. The summed E-state index contributed by atoms with van der Waals surface area (Å²) in [6.07, 6.45) is 0.330. The van der Waals surface area contributed by atoms with Gasteiger partial charge in [-0.25, -0.2) is 0 Å². The van der Waals surface area contributed by atoms with E-state index < -0.39 is 0 Å². The molecule has 2 saturated heterocycles. The molecule has 0 amide bonds. The van der Waals surface area contributed by atoms with Gasteiger partial charge in [0, 0.05) is 37.8 Å². The number of nitrogens with zero attached hydrogens (tertiary/aromatic N) is 1. The van der Waals surface area contributed by atoms with E-state index in [9.17, 15) is 0 Å². The SMILES string of the molecule is c1ccc(COc2ccccc2CN2C[C@@H]3NCCO[C@H]3C2)cc1. The third-order valence-electron chi connectivity index (χ3n) is 4.79. The van der Waals surface area contributed by atoms with Crippen LogP contribution in [0.3, 0.4) is 0 Å². The van der Waals surface area contributed by atoms with Crippen molar-refractivity contribution in [2.24, 2.45) is 0 Å². The molecule has 2 aromatic carbocycles. The predicted octanol–water partition coefficient (Wildman–Crippen LogP) is 2.44. The zero-order valence-electron chi connectivity index (χ0n) is 13.9. The molecule has 126 valence electrons. The van der Waals surface area contributed by atoms with Crippen LogP contribution in [0.5, 0.6) is 5.75 Å². The molecule has 2 fully saturated rings. The average Bonchev–Trinajstić information content (AvgIpc) is 3.04. The smallest absolute Gasteiger partial charge is 0.124 e. The normalized spacial score (nSPS) is 23.8. The van der Waals surface area contributed by atoms with E-state index in [1.807, 2.05) is 24.3 Å². The van der Waals surface area contributed by atoms with Gasteiger partial charge in [-0.3, -0.25) is 4.90 Å². The van der Waals surface area contributed by atoms with Crippen molar-refractivity contribution >= 4 is 0 Å². The summed E-state index contributed by atoms with van der Waals surface area (Å²) in [5.41, 5.74) is 2.43. The highest BCUT2D eigenvalue weighted by molar-refractivity contribution is 5.33. The summed E-state index contributed by atoms with van der Waals surface area (Å²) in [7, 11) is 0. The van der Waals surface area contributed by atoms with Gasteiger partial charge in [0.25, 0.3) is 0 Å². The molecule has 4 heteroatoms. The molecule has 2 atom stereocenters. The van der Waals surface area contributed by atoms with E-state index in [2.05, 4.69) is 40.5 Å². The van der Waals surface area contributed by atoms with Gasteiger partial charge in [0.2, 0.25) is 0 Å². The maximum absolute atomic E-state index is 6.08. The molecular formula is C20H24N2O2. The van der Waals surface area contributed by atoms with Crippen molar-refractivity contribution in [3.63, 3.8) is 0 Å². The fourth-order valence-corrected chi connectivity index (χ4v) is 3.55. The predicted molar refractivity (Wildman–Crippen MR) is 94.0 cm³/mol. The number of para-hydroxylation sites is 1. The first-order valence-corrected chi connectivity index (χ1v) is 8.70. The molecule has 2 aromatic rings. The molecule has 0 aromatic heterocycles. The summed E-state index contributed by atoms with van der Waals surface area (Å²) in [6, 6.07) is 19.1. The van der Waals surface area contributed by atoms with Crippen molar-refractivity contribution in [3.05, 3.63) is 65.7 Å². The molecule has 4 nitrogen and oxygen atoms in total. The molecule has 0 bridgehead atoms. The largest absolute Gasteiger partial charge is 0.489 e. The number of benzene rings is 2. The van der Waals surface area contributed by atoms with E-state index in [1.165, 1.54) is 11.1 Å². The first-order valence-electron chi connectivity index (χ1n) is 8.70. The van der Waals surface area contributed by atoms with Gasteiger partial charge in [-0.1, -0.05) is 48.5 Å². The van der Waals surface area contributed by atoms with Crippen LogP contribution < -0.4 is 10.1 Å². The van der Waals surface area contributed by atoms with Gasteiger partial charge in [-0.15, -0.1) is 0 Å². The molecule has 0 unspecified atom stereocenters. The minimum Gasteiger partial charge on any atom is -0.489 e. The van der Waals surface area contributed by atoms with Crippen molar-refractivity contribution in [1.29, 1.82) is 0 Å². The van der Waals surface area contributed by atoms with Gasteiger partial charge in [0.15, 0.2) is 0 Å². The highest BCUT2D eigenvalue weighted by Gasteiger charge is 2.35. The van der Waals surface area contributed by atoms with Crippen LogP contribution in [-0.4, -0.2) is 43.3 Å². The Bertz CT molecular complexity index is 648. The third kappa shape index (κ3) is 3.61. The van der Waals surface area contributed by atoms with E-state index in [1.54, 1.807) is 0 Å². The van der Waals surface area contributed by atoms with Gasteiger partial charge in [-0.05, 0) is 11.6 Å². The summed E-state index contributed by atoms with van der Waals surface area (Å²) >= 11 is 0. The van der Waals surface area contributed by atoms with Gasteiger partial charge in [0.1, 0.15) is 12.4 Å². The highest BCUT2D eigenvalue weighted by atomic mass is 16.5. The average molecular weight is 324 g/mol. The molecule has 0 aliphatic carbocycles. The topological polar surface area (TPSA) is 33.7 Å². The van der Waals surface area contributed by atoms with Crippen LogP contribution in [0.1, 0.15) is 11.1 Å². The van der Waals surface area contributed by atoms with E-state index >= 15 is 0 Å². The Morgan fingerprint density at radius 2 is 1.88 bits per heavy atom. The van der Waals surface area contributed by atoms with Crippen LogP contribution in [0.15, 0.2) is 54.6 Å². The molecule has 24 heavy (non-hydrogen) atoms. The van der Waals surface area contributed by atoms with Crippen molar-refractivity contribution in [3.8, 4) is 5.75 Å². The van der Waals surface area contributed by atoms with Gasteiger partial charge >= 0.3 is 0 Å². The first-order chi connectivity index (χ1) is 11.9. The Kier molecular flexibility index (Phi) is 4.78. The molecule has 0 spiro atoms. The van der Waals surface area contributed by atoms with Crippen LogP contribution in [0.25, 0.3) is 0 Å². The number of hydrogen-bond acceptors (Lipinski definition) is 4. The quantitative estimate of drug-likeness (QED) is 0.916. The lowest BCUT2D eigenvalue weighted by Gasteiger charge is -2.25. The molecule has 0 saturated carbocycles.